The van der Waals surface area contributed by atoms with Crippen LogP contribution in [-0.4, -0.2) is 23.5 Å². The molecule has 1 aromatic heterocycles. The normalized spacial score (nSPS) is 13.7. The number of amides is 1. The fraction of sp³-hybridized carbons (Fsp3) is 0.238. The topological polar surface area (TPSA) is 51.2 Å². The second-order valence-corrected chi connectivity index (χ2v) is 7.38. The summed E-state index contributed by atoms with van der Waals surface area (Å²) < 4.78 is 5.54. The van der Waals surface area contributed by atoms with E-state index in [2.05, 4.69) is 22.4 Å². The molecular weight excluding hydrogens is 344 g/mol. The molecule has 1 N–H and O–H groups in total. The molecule has 26 heavy (non-hydrogen) atoms. The van der Waals surface area contributed by atoms with Crippen LogP contribution in [0.25, 0.3) is 10.6 Å². The molecule has 132 valence electrons. The highest BCUT2D eigenvalue weighted by molar-refractivity contribution is 7.13. The van der Waals surface area contributed by atoms with E-state index in [0.717, 1.165) is 35.8 Å². The number of nitrogens with zero attached hydrogens (tertiary/aromatic N) is 1. The maximum Gasteiger partial charge on any atom is 0.270 e. The highest BCUT2D eigenvalue weighted by atomic mass is 32.1. The molecule has 4 nitrogen and oxygen atoms in total. The van der Waals surface area contributed by atoms with Crippen LogP contribution < -0.4 is 10.1 Å². The van der Waals surface area contributed by atoms with Crippen molar-refractivity contribution in [3.8, 4) is 16.3 Å². The van der Waals surface area contributed by atoms with Crippen LogP contribution in [0.4, 0.5) is 0 Å². The molecule has 1 aliphatic heterocycles. The molecule has 0 aliphatic carbocycles. The minimum atomic E-state index is -0.125. The minimum Gasteiger partial charge on any atom is -0.493 e. The number of rotatable bonds is 5. The van der Waals surface area contributed by atoms with E-state index in [9.17, 15) is 4.79 Å². The molecule has 2 aromatic carbocycles. The van der Waals surface area contributed by atoms with E-state index >= 15 is 0 Å². The molecule has 1 atom stereocenters. The van der Waals surface area contributed by atoms with Crippen molar-refractivity contribution in [3.63, 3.8) is 0 Å². The maximum atomic E-state index is 12.5. The van der Waals surface area contributed by atoms with Gasteiger partial charge in [-0.25, -0.2) is 4.98 Å². The zero-order valence-electron chi connectivity index (χ0n) is 14.6. The third kappa shape index (κ3) is 3.63. The van der Waals surface area contributed by atoms with E-state index < -0.39 is 0 Å². The van der Waals surface area contributed by atoms with E-state index in [1.807, 2.05) is 48.7 Å². The van der Waals surface area contributed by atoms with E-state index in [1.54, 1.807) is 0 Å². The summed E-state index contributed by atoms with van der Waals surface area (Å²) in [7, 11) is 0. The molecular formula is C21H20N2O2S. The Hall–Kier alpha value is -2.66. The zero-order chi connectivity index (χ0) is 17.9. The van der Waals surface area contributed by atoms with Crippen LogP contribution in [0.3, 0.4) is 0 Å². The van der Waals surface area contributed by atoms with E-state index in [-0.39, 0.29) is 11.9 Å². The number of nitrogens with one attached hydrogen (secondary N) is 1. The number of hydrogen-bond acceptors (Lipinski definition) is 4. The Morgan fingerprint density at radius 2 is 2.12 bits per heavy atom. The summed E-state index contributed by atoms with van der Waals surface area (Å²) in [5, 5.41) is 5.73. The number of hydrogen-bond donors (Lipinski definition) is 1. The molecule has 2 heterocycles. The Morgan fingerprint density at radius 1 is 1.27 bits per heavy atom. The first-order valence-corrected chi connectivity index (χ1v) is 9.63. The lowest BCUT2D eigenvalue weighted by Gasteiger charge is -2.13. The van der Waals surface area contributed by atoms with Gasteiger partial charge in [0.2, 0.25) is 0 Å². The average Bonchev–Trinajstić information content (AvgIpc) is 3.31. The van der Waals surface area contributed by atoms with Gasteiger partial charge in [-0.1, -0.05) is 42.5 Å². The lowest BCUT2D eigenvalue weighted by molar-refractivity contribution is 0.0936. The first kappa shape index (κ1) is 16.8. The van der Waals surface area contributed by atoms with Gasteiger partial charge in [-0.05, 0) is 30.5 Å². The van der Waals surface area contributed by atoms with Gasteiger partial charge < -0.3 is 10.1 Å². The fourth-order valence-electron chi connectivity index (χ4n) is 3.16. The van der Waals surface area contributed by atoms with Crippen LogP contribution in [0.15, 0.2) is 53.9 Å². The first-order chi connectivity index (χ1) is 12.7. The smallest absolute Gasteiger partial charge is 0.270 e. The molecule has 4 rings (SSSR count). The number of ether oxygens (including phenoxy) is 1. The van der Waals surface area contributed by atoms with Gasteiger partial charge in [-0.15, -0.1) is 11.3 Å². The molecule has 0 spiro atoms. The largest absolute Gasteiger partial charge is 0.493 e. The van der Waals surface area contributed by atoms with Gasteiger partial charge in [-0.3, -0.25) is 4.79 Å². The van der Waals surface area contributed by atoms with Gasteiger partial charge >= 0.3 is 0 Å². The Kier molecular flexibility index (Phi) is 4.71. The van der Waals surface area contributed by atoms with Crippen molar-refractivity contribution in [2.45, 2.75) is 25.8 Å². The first-order valence-electron chi connectivity index (χ1n) is 8.75. The van der Waals surface area contributed by atoms with Crippen LogP contribution in [0.1, 0.15) is 28.5 Å². The predicted octanol–water partition coefficient (Wildman–Crippen LogP) is 4.11. The van der Waals surface area contributed by atoms with Crippen molar-refractivity contribution in [3.05, 3.63) is 70.7 Å². The molecule has 0 saturated heterocycles. The van der Waals surface area contributed by atoms with Crippen molar-refractivity contribution in [1.82, 2.24) is 10.3 Å². The van der Waals surface area contributed by atoms with Crippen molar-refractivity contribution < 1.29 is 9.53 Å². The summed E-state index contributed by atoms with van der Waals surface area (Å²) in [6.07, 6.45) is 1.75. The molecule has 3 aromatic rings. The highest BCUT2D eigenvalue weighted by Gasteiger charge is 2.16. The number of benzene rings is 2. The van der Waals surface area contributed by atoms with Crippen molar-refractivity contribution in [2.24, 2.45) is 0 Å². The predicted molar refractivity (Wildman–Crippen MR) is 104 cm³/mol. The van der Waals surface area contributed by atoms with Gasteiger partial charge in [0.05, 0.1) is 6.61 Å². The maximum absolute atomic E-state index is 12.5. The summed E-state index contributed by atoms with van der Waals surface area (Å²) in [4.78, 5) is 17.0. The summed E-state index contributed by atoms with van der Waals surface area (Å²) in [5.41, 5.74) is 3.98. The van der Waals surface area contributed by atoms with Gasteiger partial charge in [0.15, 0.2) is 0 Å². The number of aromatic nitrogens is 1. The van der Waals surface area contributed by atoms with E-state index in [1.165, 1.54) is 22.5 Å². The standard InChI is InChI=1S/C21H20N2O2S/c1-14(11-15-7-8-19-17(12-15)9-10-25-19)22-20(24)18-13-26-21(23-18)16-5-3-2-4-6-16/h2-8,12-14H,9-11H2,1H3,(H,22,24). The Labute approximate surface area is 156 Å². The van der Waals surface area contributed by atoms with Gasteiger partial charge in [0.25, 0.3) is 5.91 Å². The third-order valence-corrected chi connectivity index (χ3v) is 5.32. The van der Waals surface area contributed by atoms with E-state index in [0.29, 0.717) is 5.69 Å². The molecule has 1 unspecified atom stereocenters. The fourth-order valence-corrected chi connectivity index (χ4v) is 3.97. The van der Waals surface area contributed by atoms with Crippen LogP contribution in [0, 0.1) is 0 Å². The SMILES string of the molecule is CC(Cc1ccc2c(c1)CCO2)NC(=O)c1csc(-c2ccccc2)n1. The summed E-state index contributed by atoms with van der Waals surface area (Å²) >= 11 is 1.49. The highest BCUT2D eigenvalue weighted by Crippen LogP contribution is 2.26. The molecule has 0 radical (unpaired) electrons. The van der Waals surface area contributed by atoms with Gasteiger partial charge in [0.1, 0.15) is 16.5 Å². The van der Waals surface area contributed by atoms with Crippen LogP contribution in [0.2, 0.25) is 0 Å². The number of carbonyl (C=O) groups is 1. The third-order valence-electron chi connectivity index (χ3n) is 4.43. The summed E-state index contributed by atoms with van der Waals surface area (Å²) in [5.74, 6) is 0.863. The quantitative estimate of drug-likeness (QED) is 0.741. The molecule has 5 heteroatoms. The molecule has 0 fully saturated rings. The lowest BCUT2D eigenvalue weighted by Crippen LogP contribution is -2.34. The monoisotopic (exact) mass is 364 g/mol. The van der Waals surface area contributed by atoms with Crippen LogP contribution >= 0.6 is 11.3 Å². The number of carbonyl (C=O) groups excluding carboxylic acids is 1. The molecule has 1 aliphatic rings. The number of fused-ring (bicyclic) bond motifs is 1. The summed E-state index contributed by atoms with van der Waals surface area (Å²) in [6.45, 7) is 2.78. The lowest BCUT2D eigenvalue weighted by atomic mass is 10.0. The average molecular weight is 364 g/mol. The second-order valence-electron chi connectivity index (χ2n) is 6.52. The zero-order valence-corrected chi connectivity index (χ0v) is 15.4. The van der Waals surface area contributed by atoms with E-state index in [4.69, 9.17) is 4.74 Å². The van der Waals surface area contributed by atoms with Gasteiger partial charge in [-0.2, -0.15) is 0 Å². The minimum absolute atomic E-state index is 0.0322. The number of thiazole rings is 1. The Balaban J connectivity index is 1.39. The molecule has 0 saturated carbocycles. The van der Waals surface area contributed by atoms with Crippen molar-refractivity contribution in [2.75, 3.05) is 6.61 Å². The van der Waals surface area contributed by atoms with Crippen molar-refractivity contribution >= 4 is 17.2 Å². The Bertz CT molecular complexity index is 921. The molecule has 0 bridgehead atoms. The van der Waals surface area contributed by atoms with Gasteiger partial charge in [0, 0.05) is 23.4 Å². The summed E-state index contributed by atoms with van der Waals surface area (Å²) in [6, 6.07) is 16.2. The van der Waals surface area contributed by atoms with Crippen LogP contribution in [0.5, 0.6) is 5.75 Å². The second kappa shape index (κ2) is 7.30. The molecule has 1 amide bonds. The van der Waals surface area contributed by atoms with Crippen molar-refractivity contribution in [1.29, 1.82) is 0 Å². The van der Waals surface area contributed by atoms with Crippen LogP contribution in [-0.2, 0) is 12.8 Å². The Morgan fingerprint density at radius 3 is 2.96 bits per heavy atom.